The molecule has 0 heterocycles. The molecule has 5 nitrogen and oxygen atoms in total. The number of carbonyl (C=O) groups is 1. The van der Waals surface area contributed by atoms with Crippen molar-refractivity contribution < 1.29 is 13.7 Å². The van der Waals surface area contributed by atoms with E-state index >= 15 is 0 Å². The van der Waals surface area contributed by atoms with Crippen molar-refractivity contribution in [2.75, 3.05) is 32.3 Å². The van der Waals surface area contributed by atoms with Gasteiger partial charge in [0.1, 0.15) is 0 Å². The monoisotopic (exact) mass is 264 g/mol. The first-order chi connectivity index (χ1) is 7.97. The van der Waals surface area contributed by atoms with E-state index in [0.29, 0.717) is 18.9 Å². The van der Waals surface area contributed by atoms with E-state index in [4.69, 9.17) is 4.74 Å². The molecule has 0 aromatic heterocycles. The molecule has 0 saturated heterocycles. The van der Waals surface area contributed by atoms with E-state index in [0.717, 1.165) is 6.42 Å². The van der Waals surface area contributed by atoms with E-state index < -0.39 is 10.8 Å². The number of amides is 1. The van der Waals surface area contributed by atoms with Crippen LogP contribution in [0.2, 0.25) is 0 Å². The molecule has 0 aromatic rings. The Morgan fingerprint density at radius 3 is 2.59 bits per heavy atom. The van der Waals surface area contributed by atoms with Gasteiger partial charge in [0.15, 0.2) is 0 Å². The molecule has 0 aliphatic heterocycles. The van der Waals surface area contributed by atoms with Gasteiger partial charge in [-0.25, -0.2) is 0 Å². The summed E-state index contributed by atoms with van der Waals surface area (Å²) in [5.74, 6) is 0.623. The molecule has 6 heteroatoms. The van der Waals surface area contributed by atoms with E-state index in [1.54, 1.807) is 13.4 Å². The molecule has 3 unspecified atom stereocenters. The maximum absolute atomic E-state index is 11.6. The zero-order valence-corrected chi connectivity index (χ0v) is 11.9. The van der Waals surface area contributed by atoms with Crippen molar-refractivity contribution >= 4 is 16.7 Å². The molecule has 17 heavy (non-hydrogen) atoms. The minimum Gasteiger partial charge on any atom is -0.383 e. The van der Waals surface area contributed by atoms with Crippen LogP contribution < -0.4 is 10.6 Å². The first kappa shape index (κ1) is 16.5. The van der Waals surface area contributed by atoms with E-state index in [2.05, 4.69) is 10.6 Å². The second-order valence-electron chi connectivity index (χ2n) is 4.14. The Hall–Kier alpha value is -0.460. The van der Waals surface area contributed by atoms with Crippen molar-refractivity contribution in [1.82, 2.24) is 10.6 Å². The van der Waals surface area contributed by atoms with Gasteiger partial charge in [-0.1, -0.05) is 0 Å². The van der Waals surface area contributed by atoms with Gasteiger partial charge in [0.25, 0.3) is 0 Å². The summed E-state index contributed by atoms with van der Waals surface area (Å²) in [5.41, 5.74) is 0. The predicted octanol–water partition coefficient (Wildman–Crippen LogP) is -0.116. The van der Waals surface area contributed by atoms with Gasteiger partial charge >= 0.3 is 0 Å². The van der Waals surface area contributed by atoms with Crippen LogP contribution in [-0.4, -0.2) is 54.5 Å². The summed E-state index contributed by atoms with van der Waals surface area (Å²) < 4.78 is 15.8. The first-order valence-electron chi connectivity index (χ1n) is 5.80. The van der Waals surface area contributed by atoms with Gasteiger partial charge in [0, 0.05) is 42.5 Å². The first-order valence-corrected chi connectivity index (χ1v) is 7.52. The third-order valence-corrected chi connectivity index (χ3v) is 3.18. The lowest BCUT2D eigenvalue weighted by Gasteiger charge is -2.19. The number of carbonyl (C=O) groups excluding carboxylic acids is 1. The average molecular weight is 264 g/mol. The maximum Gasteiger partial charge on any atom is 0.236 e. The van der Waals surface area contributed by atoms with Gasteiger partial charge in [-0.2, -0.15) is 0 Å². The van der Waals surface area contributed by atoms with E-state index in [1.165, 1.54) is 0 Å². The Bertz CT molecular complexity index is 249. The highest BCUT2D eigenvalue weighted by atomic mass is 32.2. The van der Waals surface area contributed by atoms with Crippen molar-refractivity contribution in [3.05, 3.63) is 0 Å². The lowest BCUT2D eigenvalue weighted by atomic mass is 10.2. The molecule has 2 N–H and O–H groups in total. The quantitative estimate of drug-likeness (QED) is 0.570. The molecule has 0 aliphatic carbocycles. The van der Waals surface area contributed by atoms with Crippen molar-refractivity contribution in [3.8, 4) is 0 Å². The zero-order valence-electron chi connectivity index (χ0n) is 11.1. The number of hydrogen-bond acceptors (Lipinski definition) is 4. The predicted molar refractivity (Wildman–Crippen MR) is 70.5 cm³/mol. The lowest BCUT2D eigenvalue weighted by molar-refractivity contribution is -0.123. The van der Waals surface area contributed by atoms with Crippen molar-refractivity contribution in [3.63, 3.8) is 0 Å². The van der Waals surface area contributed by atoms with Crippen molar-refractivity contribution in [2.24, 2.45) is 0 Å². The molecular weight excluding hydrogens is 240 g/mol. The molecule has 102 valence electrons. The maximum atomic E-state index is 11.6. The van der Waals surface area contributed by atoms with Gasteiger partial charge in [0.05, 0.1) is 12.6 Å². The smallest absolute Gasteiger partial charge is 0.236 e. The molecule has 0 spiro atoms. The second-order valence-corrected chi connectivity index (χ2v) is 5.69. The Morgan fingerprint density at radius 1 is 1.41 bits per heavy atom. The largest absolute Gasteiger partial charge is 0.383 e. The number of ether oxygens (including phenoxy) is 1. The highest BCUT2D eigenvalue weighted by Gasteiger charge is 2.14. The molecule has 0 fully saturated rings. The highest BCUT2D eigenvalue weighted by molar-refractivity contribution is 7.84. The van der Waals surface area contributed by atoms with Crippen molar-refractivity contribution in [2.45, 2.75) is 32.4 Å². The van der Waals surface area contributed by atoms with Crippen LogP contribution in [0.4, 0.5) is 0 Å². The standard InChI is InChI=1S/C11H24N2O3S/c1-9(5-8-17(4)15)13-10(2)11(14)12-6-7-16-3/h9-10,13H,5-8H2,1-4H3,(H,12,14). The molecule has 3 atom stereocenters. The van der Waals surface area contributed by atoms with Crippen LogP contribution in [0.5, 0.6) is 0 Å². The molecule has 1 amide bonds. The van der Waals surface area contributed by atoms with Crippen LogP contribution >= 0.6 is 0 Å². The molecule has 0 rings (SSSR count). The summed E-state index contributed by atoms with van der Waals surface area (Å²) in [7, 11) is 0.823. The third kappa shape index (κ3) is 9.26. The minimum atomic E-state index is -0.775. The zero-order chi connectivity index (χ0) is 13.3. The summed E-state index contributed by atoms with van der Waals surface area (Å²) in [6.07, 6.45) is 2.49. The Kier molecular flexibility index (Phi) is 9.30. The van der Waals surface area contributed by atoms with E-state index in [9.17, 15) is 9.00 Å². The fraction of sp³-hybridized carbons (Fsp3) is 0.909. The Labute approximate surface area is 106 Å². The van der Waals surface area contributed by atoms with Crippen LogP contribution in [0.15, 0.2) is 0 Å². The Balaban J connectivity index is 3.78. The molecule has 0 saturated carbocycles. The molecular formula is C11H24N2O3S. The molecule has 0 aromatic carbocycles. The minimum absolute atomic E-state index is 0.0356. The summed E-state index contributed by atoms with van der Waals surface area (Å²) in [6, 6.07) is -0.0609. The van der Waals surface area contributed by atoms with Gasteiger partial charge < -0.3 is 15.4 Å². The van der Waals surface area contributed by atoms with Crippen LogP contribution in [0.3, 0.4) is 0 Å². The molecule has 0 radical (unpaired) electrons. The average Bonchev–Trinajstić information content (AvgIpc) is 2.26. The highest BCUT2D eigenvalue weighted by Crippen LogP contribution is 1.95. The number of nitrogens with one attached hydrogen (secondary N) is 2. The third-order valence-electron chi connectivity index (χ3n) is 2.37. The summed E-state index contributed by atoms with van der Waals surface area (Å²) in [6.45, 7) is 4.85. The second kappa shape index (κ2) is 9.56. The number of rotatable bonds is 9. The van der Waals surface area contributed by atoms with Crippen LogP contribution in [-0.2, 0) is 20.3 Å². The van der Waals surface area contributed by atoms with E-state index in [-0.39, 0.29) is 18.0 Å². The van der Waals surface area contributed by atoms with E-state index in [1.807, 2.05) is 13.8 Å². The SMILES string of the molecule is COCCNC(=O)C(C)NC(C)CCS(C)=O. The normalized spacial score (nSPS) is 16.2. The summed E-state index contributed by atoms with van der Waals surface area (Å²) in [4.78, 5) is 11.6. The van der Waals surface area contributed by atoms with Crippen LogP contribution in [0.25, 0.3) is 0 Å². The van der Waals surface area contributed by atoms with Gasteiger partial charge in [-0.3, -0.25) is 9.00 Å². The van der Waals surface area contributed by atoms with Crippen molar-refractivity contribution in [1.29, 1.82) is 0 Å². The van der Waals surface area contributed by atoms with Gasteiger partial charge in [-0.15, -0.1) is 0 Å². The summed E-state index contributed by atoms with van der Waals surface area (Å²) in [5, 5.41) is 5.94. The number of hydrogen-bond donors (Lipinski definition) is 2. The fourth-order valence-electron chi connectivity index (χ4n) is 1.36. The fourth-order valence-corrected chi connectivity index (χ4v) is 2.04. The molecule has 0 bridgehead atoms. The lowest BCUT2D eigenvalue weighted by Crippen LogP contribution is -2.46. The van der Waals surface area contributed by atoms with Gasteiger partial charge in [-0.05, 0) is 20.3 Å². The Morgan fingerprint density at radius 2 is 2.06 bits per heavy atom. The number of methoxy groups -OCH3 is 1. The summed E-state index contributed by atoms with van der Waals surface area (Å²) >= 11 is 0. The van der Waals surface area contributed by atoms with Gasteiger partial charge in [0.2, 0.25) is 5.91 Å². The topological polar surface area (TPSA) is 67.4 Å². The van der Waals surface area contributed by atoms with Crippen LogP contribution in [0.1, 0.15) is 20.3 Å². The molecule has 0 aliphatic rings. The van der Waals surface area contributed by atoms with Crippen LogP contribution in [0, 0.1) is 0 Å².